The van der Waals surface area contributed by atoms with Gasteiger partial charge in [-0.05, 0) is 47.9 Å². The third-order valence-electron chi connectivity index (χ3n) is 4.53. The Balaban J connectivity index is 1.71. The summed E-state index contributed by atoms with van der Waals surface area (Å²) in [7, 11) is 0. The van der Waals surface area contributed by atoms with Crippen molar-refractivity contribution in [2.45, 2.75) is 13.0 Å². The van der Waals surface area contributed by atoms with Crippen LogP contribution in [-0.4, -0.2) is 19.9 Å². The number of benzene rings is 2. The zero-order valence-electron chi connectivity index (χ0n) is 15.2. The highest BCUT2D eigenvalue weighted by Gasteiger charge is 2.11. The van der Waals surface area contributed by atoms with Crippen LogP contribution >= 0.6 is 0 Å². The Bertz CT molecular complexity index is 1200. The number of nitrogens with zero attached hydrogens (tertiary/aromatic N) is 3. The van der Waals surface area contributed by atoms with E-state index < -0.39 is 5.69 Å². The van der Waals surface area contributed by atoms with Crippen molar-refractivity contribution in [3.05, 3.63) is 82.9 Å². The smallest absolute Gasteiger partial charge is 0.384 e. The first kappa shape index (κ1) is 17.7. The Hall–Kier alpha value is -3.71. The Morgan fingerprint density at radius 1 is 1.07 bits per heavy atom. The molecular weight excluding hydrogens is 354 g/mol. The summed E-state index contributed by atoms with van der Waals surface area (Å²) in [4.78, 5) is 19.9. The standard InChI is InChI=1S/C21H19N5O2/c1-13(22)14-7-9-15(10-8-14)16-4-2-5-17(12-16)24-19-18-6-3-11-23-20(18)26(28)21(27)25-19/h2-13,28H,22H2,1H3,(H,24,25,27). The first-order valence-electron chi connectivity index (χ1n) is 8.83. The van der Waals surface area contributed by atoms with E-state index in [0.29, 0.717) is 15.9 Å². The van der Waals surface area contributed by atoms with Gasteiger partial charge in [0.1, 0.15) is 5.82 Å². The van der Waals surface area contributed by atoms with Gasteiger partial charge in [0.25, 0.3) is 0 Å². The van der Waals surface area contributed by atoms with Gasteiger partial charge < -0.3 is 16.3 Å². The van der Waals surface area contributed by atoms with Gasteiger partial charge in [0, 0.05) is 17.9 Å². The summed E-state index contributed by atoms with van der Waals surface area (Å²) in [6, 6.07) is 19.3. The molecule has 2 heterocycles. The molecule has 0 aliphatic carbocycles. The summed E-state index contributed by atoms with van der Waals surface area (Å²) in [5.41, 5.74) is 9.17. The topological polar surface area (TPSA) is 106 Å². The average molecular weight is 373 g/mol. The molecule has 0 amide bonds. The zero-order valence-corrected chi connectivity index (χ0v) is 15.2. The Morgan fingerprint density at radius 3 is 2.61 bits per heavy atom. The van der Waals surface area contributed by atoms with Gasteiger partial charge in [-0.1, -0.05) is 36.4 Å². The monoisotopic (exact) mass is 373 g/mol. The van der Waals surface area contributed by atoms with E-state index in [1.54, 1.807) is 12.1 Å². The number of aromatic nitrogens is 3. The highest BCUT2D eigenvalue weighted by molar-refractivity contribution is 5.88. The lowest BCUT2D eigenvalue weighted by Gasteiger charge is -2.11. The summed E-state index contributed by atoms with van der Waals surface area (Å²) >= 11 is 0. The number of rotatable bonds is 4. The predicted molar refractivity (Wildman–Crippen MR) is 109 cm³/mol. The molecule has 0 bridgehead atoms. The molecule has 1 atom stereocenters. The summed E-state index contributed by atoms with van der Waals surface area (Å²) in [6.45, 7) is 1.95. The van der Waals surface area contributed by atoms with E-state index in [9.17, 15) is 10.0 Å². The number of pyridine rings is 1. The van der Waals surface area contributed by atoms with Crippen LogP contribution in [-0.2, 0) is 0 Å². The summed E-state index contributed by atoms with van der Waals surface area (Å²) in [5, 5.41) is 13.5. The quantitative estimate of drug-likeness (QED) is 0.473. The number of hydrogen-bond acceptors (Lipinski definition) is 6. The van der Waals surface area contributed by atoms with Crippen LogP contribution < -0.4 is 16.7 Å². The van der Waals surface area contributed by atoms with Gasteiger partial charge in [-0.25, -0.2) is 9.78 Å². The van der Waals surface area contributed by atoms with Crippen molar-refractivity contribution in [2.24, 2.45) is 5.73 Å². The number of anilines is 2. The van der Waals surface area contributed by atoms with Gasteiger partial charge in [0.2, 0.25) is 0 Å². The molecular formula is C21H19N5O2. The van der Waals surface area contributed by atoms with E-state index in [1.807, 2.05) is 55.5 Å². The third kappa shape index (κ3) is 3.30. The molecule has 4 N–H and O–H groups in total. The molecule has 0 saturated heterocycles. The summed E-state index contributed by atoms with van der Waals surface area (Å²) in [5.74, 6) is 0.336. The minimum atomic E-state index is -0.795. The summed E-state index contributed by atoms with van der Waals surface area (Å²) in [6.07, 6.45) is 1.50. The first-order chi connectivity index (χ1) is 13.5. The van der Waals surface area contributed by atoms with Crippen molar-refractivity contribution < 1.29 is 5.21 Å². The van der Waals surface area contributed by atoms with E-state index in [0.717, 1.165) is 22.4 Å². The van der Waals surface area contributed by atoms with Crippen LogP contribution in [0.1, 0.15) is 18.5 Å². The largest absolute Gasteiger partial charge is 0.422 e. The molecule has 1 unspecified atom stereocenters. The lowest BCUT2D eigenvalue weighted by molar-refractivity contribution is 0.182. The molecule has 4 aromatic rings. The van der Waals surface area contributed by atoms with E-state index in [-0.39, 0.29) is 11.7 Å². The van der Waals surface area contributed by atoms with Crippen LogP contribution in [0.15, 0.2) is 71.7 Å². The molecule has 140 valence electrons. The van der Waals surface area contributed by atoms with Gasteiger partial charge in [-0.15, -0.1) is 4.73 Å². The lowest BCUT2D eigenvalue weighted by Crippen LogP contribution is -2.23. The van der Waals surface area contributed by atoms with Crippen molar-refractivity contribution in [1.29, 1.82) is 0 Å². The first-order valence-corrected chi connectivity index (χ1v) is 8.83. The molecule has 0 aliphatic heterocycles. The molecule has 0 fully saturated rings. The highest BCUT2D eigenvalue weighted by atomic mass is 16.5. The number of hydrogen-bond donors (Lipinski definition) is 3. The second kappa shape index (κ2) is 7.13. The summed E-state index contributed by atoms with van der Waals surface area (Å²) < 4.78 is 0.441. The second-order valence-corrected chi connectivity index (χ2v) is 6.55. The maximum Gasteiger partial charge on any atom is 0.384 e. The van der Waals surface area contributed by atoms with E-state index >= 15 is 0 Å². The van der Waals surface area contributed by atoms with Crippen molar-refractivity contribution >= 4 is 22.5 Å². The van der Waals surface area contributed by atoms with Gasteiger partial charge in [-0.2, -0.15) is 4.98 Å². The molecule has 28 heavy (non-hydrogen) atoms. The minimum absolute atomic E-state index is 0.0105. The van der Waals surface area contributed by atoms with Crippen LogP contribution in [0.25, 0.3) is 22.2 Å². The number of nitrogens with one attached hydrogen (secondary N) is 1. The number of nitrogens with two attached hydrogens (primary N) is 1. The number of fused-ring (bicyclic) bond motifs is 1. The molecule has 4 rings (SSSR count). The van der Waals surface area contributed by atoms with E-state index in [4.69, 9.17) is 5.73 Å². The molecule has 0 saturated carbocycles. The van der Waals surface area contributed by atoms with Gasteiger partial charge in [-0.3, -0.25) is 0 Å². The molecule has 0 radical (unpaired) electrons. The normalized spacial score (nSPS) is 12.1. The van der Waals surface area contributed by atoms with Gasteiger partial charge in [0.15, 0.2) is 5.65 Å². The lowest BCUT2D eigenvalue weighted by atomic mass is 10.0. The average Bonchev–Trinajstić information content (AvgIpc) is 2.72. The van der Waals surface area contributed by atoms with Crippen LogP contribution in [0.3, 0.4) is 0 Å². The van der Waals surface area contributed by atoms with Crippen molar-refractivity contribution in [3.8, 4) is 11.1 Å². The molecule has 0 spiro atoms. The highest BCUT2D eigenvalue weighted by Crippen LogP contribution is 2.27. The molecule has 7 heteroatoms. The fourth-order valence-electron chi connectivity index (χ4n) is 3.03. The molecule has 2 aromatic carbocycles. The van der Waals surface area contributed by atoms with Crippen molar-refractivity contribution in [3.63, 3.8) is 0 Å². The van der Waals surface area contributed by atoms with E-state index in [2.05, 4.69) is 15.3 Å². The van der Waals surface area contributed by atoms with Crippen molar-refractivity contribution in [1.82, 2.24) is 14.7 Å². The molecule has 2 aromatic heterocycles. The third-order valence-corrected chi connectivity index (χ3v) is 4.53. The molecule has 0 aliphatic rings. The fourth-order valence-corrected chi connectivity index (χ4v) is 3.03. The second-order valence-electron chi connectivity index (χ2n) is 6.55. The predicted octanol–water partition coefficient (Wildman–Crippen LogP) is 3.46. The van der Waals surface area contributed by atoms with Crippen LogP contribution in [0.4, 0.5) is 11.5 Å². The fraction of sp³-hybridized carbons (Fsp3) is 0.0952. The van der Waals surface area contributed by atoms with Crippen LogP contribution in [0.5, 0.6) is 0 Å². The maximum atomic E-state index is 11.9. The van der Waals surface area contributed by atoms with E-state index in [1.165, 1.54) is 6.20 Å². The Kier molecular flexibility index (Phi) is 4.50. The van der Waals surface area contributed by atoms with Gasteiger partial charge >= 0.3 is 5.69 Å². The van der Waals surface area contributed by atoms with Gasteiger partial charge in [0.05, 0.1) is 5.39 Å². The van der Waals surface area contributed by atoms with Crippen LogP contribution in [0, 0.1) is 0 Å². The Labute approximate surface area is 161 Å². The minimum Gasteiger partial charge on any atom is -0.422 e. The van der Waals surface area contributed by atoms with Crippen molar-refractivity contribution in [2.75, 3.05) is 5.32 Å². The SMILES string of the molecule is CC(N)c1ccc(-c2cccc(Nc3nc(=O)n(O)c4ncccc34)c2)cc1. The Morgan fingerprint density at radius 2 is 1.86 bits per heavy atom. The molecule has 7 nitrogen and oxygen atoms in total. The maximum absolute atomic E-state index is 11.9. The van der Waals surface area contributed by atoms with Crippen LogP contribution in [0.2, 0.25) is 0 Å². The zero-order chi connectivity index (χ0) is 19.7.